The molecule has 0 saturated carbocycles. The van der Waals surface area contributed by atoms with Gasteiger partial charge in [-0.05, 0) is 42.3 Å². The predicted octanol–water partition coefficient (Wildman–Crippen LogP) is 4.05. The van der Waals surface area contributed by atoms with E-state index in [1.165, 1.54) is 16.5 Å². The molecule has 4 rings (SSSR count). The number of likely N-dealkylation sites (N-methyl/N-ethyl adjacent to an activating group) is 1. The van der Waals surface area contributed by atoms with Crippen LogP contribution in [0.2, 0.25) is 0 Å². The average molecular weight is 361 g/mol. The minimum Gasteiger partial charge on any atom is -0.497 e. The van der Waals surface area contributed by atoms with Crippen LogP contribution in [0.15, 0.2) is 54.6 Å². The van der Waals surface area contributed by atoms with Crippen molar-refractivity contribution in [2.75, 3.05) is 39.8 Å². The maximum absolute atomic E-state index is 5.29. The van der Waals surface area contributed by atoms with Crippen LogP contribution in [0, 0.1) is 0 Å². The minimum absolute atomic E-state index is 0.869. The molecule has 0 bridgehead atoms. The predicted molar refractivity (Wildman–Crippen MR) is 111 cm³/mol. The summed E-state index contributed by atoms with van der Waals surface area (Å²) in [5.41, 5.74) is 3.32. The number of fused-ring (bicyclic) bond motifs is 1. The molecule has 3 aromatic rings. The van der Waals surface area contributed by atoms with E-state index in [4.69, 9.17) is 9.72 Å². The number of nitrogens with zero attached hydrogens (tertiary/aromatic N) is 3. The summed E-state index contributed by atoms with van der Waals surface area (Å²) in [4.78, 5) is 10.1. The fourth-order valence-corrected chi connectivity index (χ4v) is 3.78. The van der Waals surface area contributed by atoms with Crippen LogP contribution in [0.25, 0.3) is 22.0 Å². The van der Waals surface area contributed by atoms with Crippen molar-refractivity contribution in [3.8, 4) is 17.0 Å². The second-order valence-corrected chi connectivity index (χ2v) is 7.11. The first-order chi connectivity index (χ1) is 13.3. The summed E-state index contributed by atoms with van der Waals surface area (Å²) >= 11 is 0. The Morgan fingerprint density at radius 1 is 0.926 bits per heavy atom. The van der Waals surface area contributed by atoms with Crippen LogP contribution in [0.1, 0.15) is 12.6 Å². The fourth-order valence-electron chi connectivity index (χ4n) is 3.78. The van der Waals surface area contributed by atoms with Crippen molar-refractivity contribution in [1.82, 2.24) is 14.8 Å². The molecule has 2 heterocycles. The molecule has 0 radical (unpaired) electrons. The third-order valence-electron chi connectivity index (χ3n) is 5.49. The zero-order chi connectivity index (χ0) is 18.6. The third kappa shape index (κ3) is 3.97. The van der Waals surface area contributed by atoms with Crippen molar-refractivity contribution < 1.29 is 4.74 Å². The summed E-state index contributed by atoms with van der Waals surface area (Å²) in [6.07, 6.45) is 0. The number of aromatic nitrogens is 1. The standard InChI is InChI=1S/C23H27N3O/c1-3-25-12-14-26(15-13-25)17-23-21-7-5-4-6-19(21)16-22(24-23)18-8-10-20(27-2)11-9-18/h4-11,16H,3,12-15,17H2,1-2H3. The van der Waals surface area contributed by atoms with E-state index in [2.05, 4.69) is 59.2 Å². The Balaban J connectivity index is 1.66. The van der Waals surface area contributed by atoms with Crippen LogP contribution in [-0.4, -0.2) is 54.6 Å². The highest BCUT2D eigenvalue weighted by atomic mass is 16.5. The van der Waals surface area contributed by atoms with E-state index in [0.29, 0.717) is 0 Å². The Morgan fingerprint density at radius 3 is 2.33 bits per heavy atom. The number of methoxy groups -OCH3 is 1. The SMILES string of the molecule is CCN1CCN(Cc2nc(-c3ccc(OC)cc3)cc3ccccc23)CC1. The molecular formula is C23H27N3O. The Hall–Kier alpha value is -2.43. The quantitative estimate of drug-likeness (QED) is 0.685. The zero-order valence-electron chi connectivity index (χ0n) is 16.2. The van der Waals surface area contributed by atoms with Gasteiger partial charge in [-0.25, -0.2) is 0 Å². The van der Waals surface area contributed by atoms with Crippen molar-refractivity contribution in [3.05, 3.63) is 60.3 Å². The van der Waals surface area contributed by atoms with Gasteiger partial charge < -0.3 is 9.64 Å². The highest BCUT2D eigenvalue weighted by Gasteiger charge is 2.17. The lowest BCUT2D eigenvalue weighted by Gasteiger charge is -2.34. The van der Waals surface area contributed by atoms with Gasteiger partial charge in [-0.15, -0.1) is 0 Å². The van der Waals surface area contributed by atoms with E-state index in [-0.39, 0.29) is 0 Å². The molecule has 4 heteroatoms. The van der Waals surface area contributed by atoms with Gasteiger partial charge in [0.25, 0.3) is 0 Å². The van der Waals surface area contributed by atoms with Gasteiger partial charge in [-0.3, -0.25) is 9.88 Å². The molecule has 0 N–H and O–H groups in total. The van der Waals surface area contributed by atoms with E-state index in [9.17, 15) is 0 Å². The molecule has 1 fully saturated rings. The highest BCUT2D eigenvalue weighted by Crippen LogP contribution is 2.27. The van der Waals surface area contributed by atoms with Gasteiger partial charge in [-0.2, -0.15) is 0 Å². The molecule has 0 aliphatic carbocycles. The molecule has 1 aliphatic heterocycles. The summed E-state index contributed by atoms with van der Waals surface area (Å²) in [6.45, 7) is 8.79. The third-order valence-corrected chi connectivity index (χ3v) is 5.49. The van der Waals surface area contributed by atoms with Crippen LogP contribution in [0.5, 0.6) is 5.75 Å². The van der Waals surface area contributed by atoms with E-state index < -0.39 is 0 Å². The zero-order valence-corrected chi connectivity index (χ0v) is 16.2. The number of hydrogen-bond acceptors (Lipinski definition) is 4. The molecule has 0 amide bonds. The normalized spacial score (nSPS) is 15.9. The monoisotopic (exact) mass is 361 g/mol. The maximum atomic E-state index is 5.29. The van der Waals surface area contributed by atoms with Gasteiger partial charge in [0.15, 0.2) is 0 Å². The Bertz CT molecular complexity index is 899. The lowest BCUT2D eigenvalue weighted by atomic mass is 10.0. The second kappa shape index (κ2) is 8.07. The molecule has 1 aliphatic rings. The Kier molecular flexibility index (Phi) is 5.37. The first-order valence-corrected chi connectivity index (χ1v) is 9.74. The van der Waals surface area contributed by atoms with Crippen LogP contribution in [0.4, 0.5) is 0 Å². The van der Waals surface area contributed by atoms with E-state index in [0.717, 1.165) is 56.3 Å². The van der Waals surface area contributed by atoms with Gasteiger partial charge in [-0.1, -0.05) is 31.2 Å². The second-order valence-electron chi connectivity index (χ2n) is 7.11. The van der Waals surface area contributed by atoms with Gasteiger partial charge in [0.1, 0.15) is 5.75 Å². The van der Waals surface area contributed by atoms with Crippen molar-refractivity contribution in [1.29, 1.82) is 0 Å². The summed E-state index contributed by atoms with van der Waals surface area (Å²) in [5.74, 6) is 0.869. The summed E-state index contributed by atoms with van der Waals surface area (Å²) in [6, 6.07) is 18.9. The van der Waals surface area contributed by atoms with E-state index in [1.807, 2.05) is 12.1 Å². The highest BCUT2D eigenvalue weighted by molar-refractivity contribution is 5.87. The van der Waals surface area contributed by atoms with Crippen molar-refractivity contribution in [2.45, 2.75) is 13.5 Å². The number of benzene rings is 2. The van der Waals surface area contributed by atoms with E-state index in [1.54, 1.807) is 7.11 Å². The molecule has 0 atom stereocenters. The van der Waals surface area contributed by atoms with E-state index >= 15 is 0 Å². The van der Waals surface area contributed by atoms with Crippen LogP contribution in [-0.2, 0) is 6.54 Å². The van der Waals surface area contributed by atoms with Crippen LogP contribution < -0.4 is 4.74 Å². The molecule has 1 saturated heterocycles. The van der Waals surface area contributed by atoms with Crippen molar-refractivity contribution >= 4 is 10.8 Å². The molecule has 140 valence electrons. The van der Waals surface area contributed by atoms with Gasteiger partial charge in [0, 0.05) is 43.7 Å². The smallest absolute Gasteiger partial charge is 0.118 e. The molecule has 0 unspecified atom stereocenters. The lowest BCUT2D eigenvalue weighted by molar-refractivity contribution is 0.131. The first-order valence-electron chi connectivity index (χ1n) is 9.74. The van der Waals surface area contributed by atoms with Crippen LogP contribution >= 0.6 is 0 Å². The number of hydrogen-bond donors (Lipinski definition) is 0. The molecule has 0 spiro atoms. The fraction of sp³-hybridized carbons (Fsp3) is 0.348. The molecular weight excluding hydrogens is 334 g/mol. The lowest BCUT2D eigenvalue weighted by Crippen LogP contribution is -2.45. The molecule has 27 heavy (non-hydrogen) atoms. The van der Waals surface area contributed by atoms with Crippen molar-refractivity contribution in [3.63, 3.8) is 0 Å². The largest absolute Gasteiger partial charge is 0.497 e. The topological polar surface area (TPSA) is 28.6 Å². The van der Waals surface area contributed by atoms with Crippen molar-refractivity contribution in [2.24, 2.45) is 0 Å². The van der Waals surface area contributed by atoms with Gasteiger partial charge in [0.2, 0.25) is 0 Å². The number of pyridine rings is 1. The Morgan fingerprint density at radius 2 is 1.63 bits per heavy atom. The average Bonchev–Trinajstić information content (AvgIpc) is 2.74. The molecule has 1 aromatic heterocycles. The maximum Gasteiger partial charge on any atom is 0.118 e. The van der Waals surface area contributed by atoms with Gasteiger partial charge >= 0.3 is 0 Å². The van der Waals surface area contributed by atoms with Gasteiger partial charge in [0.05, 0.1) is 18.5 Å². The first kappa shape index (κ1) is 18.0. The molecule has 2 aromatic carbocycles. The summed E-state index contributed by atoms with van der Waals surface area (Å²) in [7, 11) is 1.69. The Labute approximate surface area is 161 Å². The summed E-state index contributed by atoms with van der Waals surface area (Å²) < 4.78 is 5.29. The number of ether oxygens (including phenoxy) is 1. The minimum atomic E-state index is 0.869. The summed E-state index contributed by atoms with van der Waals surface area (Å²) in [5, 5.41) is 2.51. The molecule has 4 nitrogen and oxygen atoms in total. The van der Waals surface area contributed by atoms with Crippen LogP contribution in [0.3, 0.4) is 0 Å². The number of rotatable bonds is 5. The number of piperazine rings is 1.